The van der Waals surface area contributed by atoms with Gasteiger partial charge in [-0.05, 0) is 42.8 Å². The van der Waals surface area contributed by atoms with Crippen molar-refractivity contribution in [3.63, 3.8) is 0 Å². The minimum absolute atomic E-state index is 0.0566. The summed E-state index contributed by atoms with van der Waals surface area (Å²) in [6.45, 7) is 4.48. The van der Waals surface area contributed by atoms with Crippen molar-refractivity contribution in [3.8, 4) is 5.69 Å². The lowest BCUT2D eigenvalue weighted by molar-refractivity contribution is 0.145. The molecule has 2 rings (SSSR count). The van der Waals surface area contributed by atoms with Gasteiger partial charge in [-0.2, -0.15) is 5.10 Å². The summed E-state index contributed by atoms with van der Waals surface area (Å²) >= 11 is 2.85. The van der Waals surface area contributed by atoms with Crippen molar-refractivity contribution in [1.82, 2.24) is 19.7 Å². The van der Waals surface area contributed by atoms with Gasteiger partial charge in [-0.15, -0.1) is 0 Å². The number of ether oxygens (including phenoxy) is 1. The second-order valence-corrected chi connectivity index (χ2v) is 7.73. The van der Waals surface area contributed by atoms with Crippen LogP contribution in [0.25, 0.3) is 5.69 Å². The maximum Gasteiger partial charge on any atom is 0.407 e. The molecule has 0 spiro atoms. The number of alkyl carbamates (subject to hydrolysis) is 1. The molecule has 0 saturated carbocycles. The van der Waals surface area contributed by atoms with Gasteiger partial charge in [0.2, 0.25) is 0 Å². The number of benzene rings is 1. The second-order valence-electron chi connectivity index (χ2n) is 6.88. The second kappa shape index (κ2) is 8.63. The highest BCUT2D eigenvalue weighted by Gasteiger charge is 2.17. The van der Waals surface area contributed by atoms with Gasteiger partial charge in [0.1, 0.15) is 24.6 Å². The number of hydrogen-bond donors (Lipinski definition) is 1. The molecule has 0 radical (unpaired) electrons. The highest BCUT2D eigenvalue weighted by molar-refractivity contribution is 9.10. The molecular weight excluding hydrogens is 445 g/mol. The van der Waals surface area contributed by atoms with Crippen molar-refractivity contribution < 1.29 is 22.7 Å². The Bertz CT molecular complexity index is 964. The number of aromatic nitrogens is 3. The summed E-state index contributed by atoms with van der Waals surface area (Å²) in [4.78, 5) is 24.0. The van der Waals surface area contributed by atoms with E-state index in [1.807, 2.05) is 0 Å². The topological polar surface area (TPSA) is 78.2 Å². The van der Waals surface area contributed by atoms with E-state index in [2.05, 4.69) is 26.3 Å². The van der Waals surface area contributed by atoms with Gasteiger partial charge in [0.15, 0.2) is 0 Å². The SMILES string of the molecule is CC(C)(C)NC(=O)OC/C(=C/F)Cn1ncn(-c2cc(F)c(Br)cc2F)c1=O. The summed E-state index contributed by atoms with van der Waals surface area (Å²) in [7, 11) is 0. The van der Waals surface area contributed by atoms with Crippen molar-refractivity contribution >= 4 is 22.0 Å². The van der Waals surface area contributed by atoms with Gasteiger partial charge in [-0.3, -0.25) is 0 Å². The van der Waals surface area contributed by atoms with Crippen LogP contribution in [0.1, 0.15) is 20.8 Å². The van der Waals surface area contributed by atoms with Crippen molar-refractivity contribution in [1.29, 1.82) is 0 Å². The van der Waals surface area contributed by atoms with Gasteiger partial charge in [0.05, 0.1) is 23.0 Å². The number of rotatable bonds is 5. The third-order valence-electron chi connectivity index (χ3n) is 3.36. The molecule has 0 aliphatic rings. The smallest absolute Gasteiger partial charge is 0.407 e. The average Bonchev–Trinajstić information content (AvgIpc) is 2.93. The lowest BCUT2D eigenvalue weighted by Crippen LogP contribution is -2.41. The van der Waals surface area contributed by atoms with Gasteiger partial charge in [0, 0.05) is 17.2 Å². The Balaban J connectivity index is 2.14. The molecule has 11 heteroatoms. The number of nitrogens with zero attached hydrogens (tertiary/aromatic N) is 3. The van der Waals surface area contributed by atoms with E-state index in [1.54, 1.807) is 20.8 Å². The Kier molecular flexibility index (Phi) is 6.70. The Morgan fingerprint density at radius 1 is 1.32 bits per heavy atom. The lowest BCUT2D eigenvalue weighted by Gasteiger charge is -2.20. The maximum absolute atomic E-state index is 14.0. The van der Waals surface area contributed by atoms with Crippen LogP contribution in [0.5, 0.6) is 0 Å². The molecule has 152 valence electrons. The number of nitrogens with one attached hydrogen (secondary N) is 1. The minimum Gasteiger partial charge on any atom is -0.445 e. The molecule has 0 atom stereocenters. The molecule has 2 aromatic rings. The number of hydrogen-bond acceptors (Lipinski definition) is 4. The number of carbonyl (C=O) groups is 1. The van der Waals surface area contributed by atoms with Crippen LogP contribution in [-0.2, 0) is 11.3 Å². The highest BCUT2D eigenvalue weighted by Crippen LogP contribution is 2.21. The van der Waals surface area contributed by atoms with Gasteiger partial charge in [-0.1, -0.05) is 0 Å². The van der Waals surface area contributed by atoms with E-state index in [-0.39, 0.29) is 28.6 Å². The van der Waals surface area contributed by atoms with E-state index in [9.17, 15) is 22.8 Å². The van der Waals surface area contributed by atoms with Crippen molar-refractivity contribution in [2.24, 2.45) is 0 Å². The molecule has 1 amide bonds. The van der Waals surface area contributed by atoms with E-state index in [4.69, 9.17) is 4.74 Å². The molecule has 28 heavy (non-hydrogen) atoms. The number of amides is 1. The molecule has 7 nitrogen and oxygen atoms in total. The molecule has 0 aliphatic heterocycles. The summed E-state index contributed by atoms with van der Waals surface area (Å²) in [6.07, 6.45) is 0.421. The van der Waals surface area contributed by atoms with Gasteiger partial charge in [-0.25, -0.2) is 32.0 Å². The molecule has 0 bridgehead atoms. The minimum atomic E-state index is -0.849. The summed E-state index contributed by atoms with van der Waals surface area (Å²) in [6, 6.07) is 1.71. The largest absolute Gasteiger partial charge is 0.445 e. The maximum atomic E-state index is 14.0. The third-order valence-corrected chi connectivity index (χ3v) is 3.96. The predicted molar refractivity (Wildman–Crippen MR) is 98.9 cm³/mol. The Morgan fingerprint density at radius 2 is 2.00 bits per heavy atom. The van der Waals surface area contributed by atoms with Gasteiger partial charge < -0.3 is 10.1 Å². The van der Waals surface area contributed by atoms with E-state index >= 15 is 0 Å². The summed E-state index contributed by atoms with van der Waals surface area (Å²) in [5.74, 6) is -1.61. The fourth-order valence-corrected chi connectivity index (χ4v) is 2.43. The number of carbonyl (C=O) groups excluding carboxylic acids is 1. The molecule has 0 saturated heterocycles. The molecule has 1 heterocycles. The molecule has 0 aliphatic carbocycles. The zero-order valence-corrected chi connectivity index (χ0v) is 16.9. The van der Waals surface area contributed by atoms with Crippen molar-refractivity contribution in [2.75, 3.05) is 6.61 Å². The van der Waals surface area contributed by atoms with E-state index < -0.39 is 35.6 Å². The van der Waals surface area contributed by atoms with Crippen LogP contribution in [0.15, 0.2) is 39.6 Å². The first-order chi connectivity index (χ1) is 13.0. The molecule has 1 aromatic carbocycles. The quantitative estimate of drug-likeness (QED) is 0.690. The molecule has 0 unspecified atom stereocenters. The van der Waals surface area contributed by atoms with Crippen LogP contribution in [-0.4, -0.2) is 32.6 Å². The molecule has 1 N–H and O–H groups in total. The first-order valence-corrected chi connectivity index (χ1v) is 8.83. The van der Waals surface area contributed by atoms with E-state index in [0.29, 0.717) is 0 Å². The normalized spacial score (nSPS) is 12.2. The zero-order valence-electron chi connectivity index (χ0n) is 15.3. The average molecular weight is 463 g/mol. The van der Waals surface area contributed by atoms with Gasteiger partial charge >= 0.3 is 11.8 Å². The number of halogens is 4. The Morgan fingerprint density at radius 3 is 2.61 bits per heavy atom. The molecule has 1 aromatic heterocycles. The zero-order chi connectivity index (χ0) is 21.1. The Hall–Kier alpha value is -2.56. The van der Waals surface area contributed by atoms with Crippen LogP contribution >= 0.6 is 15.9 Å². The fourth-order valence-electron chi connectivity index (χ4n) is 2.11. The Labute approximate surface area is 166 Å². The first kappa shape index (κ1) is 21.7. The summed E-state index contributed by atoms with van der Waals surface area (Å²) < 4.78 is 47.3. The van der Waals surface area contributed by atoms with Crippen LogP contribution in [0.3, 0.4) is 0 Å². The van der Waals surface area contributed by atoms with Crippen LogP contribution in [0, 0.1) is 11.6 Å². The van der Waals surface area contributed by atoms with Crippen molar-refractivity contribution in [2.45, 2.75) is 32.9 Å². The molecular formula is C17H18BrF3N4O3. The standard InChI is InChI=1S/C17H18BrF3N4O3/c1-17(2,3)23-15(26)28-8-10(6-19)7-25-16(27)24(9-22-25)14-5-12(20)11(18)4-13(14)21/h4-6,9H,7-8H2,1-3H3,(H,23,26)/b10-6+. The summed E-state index contributed by atoms with van der Waals surface area (Å²) in [5, 5.41) is 6.30. The van der Waals surface area contributed by atoms with Crippen molar-refractivity contribution in [3.05, 3.63) is 57.0 Å². The summed E-state index contributed by atoms with van der Waals surface area (Å²) in [5.41, 5.74) is -1.75. The van der Waals surface area contributed by atoms with Gasteiger partial charge in [0.25, 0.3) is 0 Å². The van der Waals surface area contributed by atoms with E-state index in [1.165, 1.54) is 0 Å². The van der Waals surface area contributed by atoms with E-state index in [0.717, 1.165) is 27.7 Å². The van der Waals surface area contributed by atoms with Crippen LogP contribution < -0.4 is 11.0 Å². The molecule has 0 fully saturated rings. The third kappa shape index (κ3) is 5.47. The predicted octanol–water partition coefficient (Wildman–Crippen LogP) is 3.45. The highest BCUT2D eigenvalue weighted by atomic mass is 79.9. The lowest BCUT2D eigenvalue weighted by atomic mass is 10.1. The van der Waals surface area contributed by atoms with Crippen LogP contribution in [0.4, 0.5) is 18.0 Å². The monoisotopic (exact) mass is 462 g/mol. The van der Waals surface area contributed by atoms with Crippen LogP contribution in [0.2, 0.25) is 0 Å². The first-order valence-electron chi connectivity index (χ1n) is 8.04. The fraction of sp³-hybridized carbons (Fsp3) is 0.353.